The van der Waals surface area contributed by atoms with Gasteiger partial charge in [0.25, 0.3) is 0 Å². The zero-order chi connectivity index (χ0) is 18.9. The Labute approximate surface area is 165 Å². The van der Waals surface area contributed by atoms with Gasteiger partial charge in [-0.2, -0.15) is 5.10 Å². The maximum atomic E-state index is 12.8. The van der Waals surface area contributed by atoms with Crippen molar-refractivity contribution in [3.8, 4) is 5.69 Å². The summed E-state index contributed by atoms with van der Waals surface area (Å²) in [6, 6.07) is 7.24. The minimum Gasteiger partial charge on any atom is -0.339 e. The second kappa shape index (κ2) is 7.64. The van der Waals surface area contributed by atoms with Crippen LogP contribution in [0.5, 0.6) is 0 Å². The van der Waals surface area contributed by atoms with E-state index in [4.69, 9.17) is 0 Å². The van der Waals surface area contributed by atoms with Gasteiger partial charge in [0.15, 0.2) is 0 Å². The van der Waals surface area contributed by atoms with Gasteiger partial charge >= 0.3 is 0 Å². The van der Waals surface area contributed by atoms with E-state index in [0.29, 0.717) is 6.54 Å². The van der Waals surface area contributed by atoms with Crippen LogP contribution in [0.25, 0.3) is 5.69 Å². The summed E-state index contributed by atoms with van der Waals surface area (Å²) in [4.78, 5) is 23.8. The minimum atomic E-state index is 0.288. The largest absolute Gasteiger partial charge is 0.339 e. The molecule has 0 atom stereocenters. The van der Waals surface area contributed by atoms with E-state index in [0.717, 1.165) is 57.4 Å². The topological polar surface area (TPSA) is 57.5 Å². The molecule has 28 heavy (non-hydrogen) atoms. The van der Waals surface area contributed by atoms with Crippen LogP contribution in [0.4, 0.5) is 0 Å². The Bertz CT molecular complexity index is 823. The summed E-state index contributed by atoms with van der Waals surface area (Å²) in [6.07, 6.45) is 8.32. The predicted molar refractivity (Wildman–Crippen MR) is 106 cm³/mol. The summed E-state index contributed by atoms with van der Waals surface area (Å²) in [5.74, 6) is 0.288. The highest BCUT2D eigenvalue weighted by Crippen LogP contribution is 2.26. The predicted octanol–water partition coefficient (Wildman–Crippen LogP) is 1.32. The number of piperazine rings is 1. The summed E-state index contributed by atoms with van der Waals surface area (Å²) in [7, 11) is 0. The Morgan fingerprint density at radius 3 is 2.64 bits per heavy atom. The van der Waals surface area contributed by atoms with Gasteiger partial charge in [0.05, 0.1) is 12.2 Å². The highest BCUT2D eigenvalue weighted by molar-refractivity contribution is 5.78. The van der Waals surface area contributed by atoms with Crippen molar-refractivity contribution in [3.05, 3.63) is 42.0 Å². The molecular weight excluding hydrogens is 352 g/mol. The van der Waals surface area contributed by atoms with Crippen molar-refractivity contribution in [1.29, 1.82) is 0 Å². The molecule has 0 N–H and O–H groups in total. The smallest absolute Gasteiger partial charge is 0.236 e. The lowest BCUT2D eigenvalue weighted by molar-refractivity contribution is -0.135. The van der Waals surface area contributed by atoms with E-state index in [-0.39, 0.29) is 5.91 Å². The van der Waals surface area contributed by atoms with Crippen molar-refractivity contribution in [2.24, 2.45) is 0 Å². The first-order chi connectivity index (χ1) is 13.8. The lowest BCUT2D eigenvalue weighted by Crippen LogP contribution is -2.55. The second-order valence-electron chi connectivity index (χ2n) is 8.26. The van der Waals surface area contributed by atoms with Crippen LogP contribution >= 0.6 is 0 Å². The Morgan fingerprint density at radius 1 is 1.07 bits per heavy atom. The van der Waals surface area contributed by atoms with Crippen LogP contribution in [-0.2, 0) is 17.8 Å². The van der Waals surface area contributed by atoms with Gasteiger partial charge in [-0.05, 0) is 42.5 Å². The molecule has 1 aromatic heterocycles. The maximum Gasteiger partial charge on any atom is 0.236 e. The Hall–Kier alpha value is -2.25. The zero-order valence-corrected chi connectivity index (χ0v) is 16.3. The molecule has 5 rings (SSSR count). The van der Waals surface area contributed by atoms with E-state index in [2.05, 4.69) is 43.0 Å². The average molecular weight is 380 g/mol. The van der Waals surface area contributed by atoms with Crippen LogP contribution in [-0.4, -0.2) is 80.7 Å². The average Bonchev–Trinajstić information content (AvgIpc) is 3.21. The summed E-state index contributed by atoms with van der Waals surface area (Å²) in [5, 5.41) is 4.21. The van der Waals surface area contributed by atoms with Crippen molar-refractivity contribution < 1.29 is 4.79 Å². The van der Waals surface area contributed by atoms with Gasteiger partial charge in [0.2, 0.25) is 5.91 Å². The molecular formula is C21H28N6O. The molecule has 7 heteroatoms. The van der Waals surface area contributed by atoms with Crippen LogP contribution in [0.2, 0.25) is 0 Å². The fraction of sp³-hybridized carbons (Fsp3) is 0.571. The summed E-state index contributed by atoms with van der Waals surface area (Å²) in [6.45, 7) is 6.19. The fourth-order valence-corrected chi connectivity index (χ4v) is 4.60. The van der Waals surface area contributed by atoms with E-state index in [1.54, 1.807) is 17.3 Å². The second-order valence-corrected chi connectivity index (χ2v) is 8.26. The third-order valence-electron chi connectivity index (χ3n) is 6.58. The van der Waals surface area contributed by atoms with Gasteiger partial charge < -0.3 is 4.90 Å². The molecule has 2 aromatic rings. The lowest BCUT2D eigenvalue weighted by Gasteiger charge is -2.43. The van der Waals surface area contributed by atoms with E-state index in [1.165, 1.54) is 30.4 Å². The van der Waals surface area contributed by atoms with Crippen LogP contribution in [0.15, 0.2) is 30.9 Å². The zero-order valence-electron chi connectivity index (χ0n) is 16.3. The van der Waals surface area contributed by atoms with Crippen LogP contribution in [0.1, 0.15) is 30.4 Å². The first-order valence-corrected chi connectivity index (χ1v) is 10.5. The van der Waals surface area contributed by atoms with Gasteiger partial charge in [-0.3, -0.25) is 14.6 Å². The van der Waals surface area contributed by atoms with Crippen molar-refractivity contribution >= 4 is 5.91 Å². The molecule has 1 saturated heterocycles. The molecule has 3 aliphatic rings. The van der Waals surface area contributed by atoms with Crippen LogP contribution in [0, 0.1) is 0 Å². The van der Waals surface area contributed by atoms with E-state index >= 15 is 0 Å². The number of carbonyl (C=O) groups excluding carboxylic acids is 1. The Balaban J connectivity index is 1.16. The minimum absolute atomic E-state index is 0.288. The van der Waals surface area contributed by atoms with Gasteiger partial charge in [-0.1, -0.05) is 12.5 Å². The number of hydrogen-bond acceptors (Lipinski definition) is 5. The molecule has 0 spiro atoms. The Morgan fingerprint density at radius 2 is 1.93 bits per heavy atom. The lowest BCUT2D eigenvalue weighted by atomic mass is 9.91. The van der Waals surface area contributed by atoms with Crippen molar-refractivity contribution in [1.82, 2.24) is 29.5 Å². The van der Waals surface area contributed by atoms with E-state index in [9.17, 15) is 4.79 Å². The monoisotopic (exact) mass is 380 g/mol. The van der Waals surface area contributed by atoms with E-state index < -0.39 is 0 Å². The van der Waals surface area contributed by atoms with Crippen molar-refractivity contribution in [3.63, 3.8) is 0 Å². The number of aromatic nitrogens is 3. The number of hydrogen-bond donors (Lipinski definition) is 0. The molecule has 7 nitrogen and oxygen atoms in total. The number of nitrogens with zero attached hydrogens (tertiary/aromatic N) is 6. The molecule has 1 saturated carbocycles. The number of carbonyl (C=O) groups is 1. The third-order valence-corrected chi connectivity index (χ3v) is 6.58. The molecule has 1 amide bonds. The van der Waals surface area contributed by atoms with Gasteiger partial charge in [0.1, 0.15) is 12.7 Å². The highest BCUT2D eigenvalue weighted by Gasteiger charge is 2.30. The molecule has 0 radical (unpaired) electrons. The third kappa shape index (κ3) is 3.56. The number of fused-ring (bicyclic) bond motifs is 1. The van der Waals surface area contributed by atoms with Gasteiger partial charge in [-0.15, -0.1) is 0 Å². The molecule has 1 aromatic carbocycles. The van der Waals surface area contributed by atoms with Crippen LogP contribution < -0.4 is 0 Å². The summed E-state index contributed by atoms with van der Waals surface area (Å²) >= 11 is 0. The molecule has 2 fully saturated rings. The van der Waals surface area contributed by atoms with Crippen LogP contribution in [0.3, 0.4) is 0 Å². The quantitative estimate of drug-likeness (QED) is 0.801. The van der Waals surface area contributed by atoms with Crippen molar-refractivity contribution in [2.75, 3.05) is 39.3 Å². The fourth-order valence-electron chi connectivity index (χ4n) is 4.60. The SMILES string of the molecule is O=C(CN1CCc2cc(-n3cncn3)ccc2C1)N1CCN(C2CCC2)CC1. The van der Waals surface area contributed by atoms with Gasteiger partial charge in [-0.25, -0.2) is 9.67 Å². The van der Waals surface area contributed by atoms with Gasteiger partial charge in [0, 0.05) is 45.3 Å². The Kier molecular flexibility index (Phi) is 4.86. The summed E-state index contributed by atoms with van der Waals surface area (Å²) in [5.41, 5.74) is 3.72. The number of rotatable bonds is 4. The van der Waals surface area contributed by atoms with Crippen molar-refractivity contribution in [2.45, 2.75) is 38.3 Å². The normalized spacial score (nSPS) is 21.4. The molecule has 1 aliphatic carbocycles. The summed E-state index contributed by atoms with van der Waals surface area (Å²) < 4.78 is 1.79. The number of benzene rings is 1. The molecule has 3 heterocycles. The molecule has 0 bridgehead atoms. The standard InChI is InChI=1S/C21H28N6O/c28-21(26-10-8-25(9-11-26)19-2-1-3-19)14-24-7-6-17-12-20(5-4-18(17)13-24)27-16-22-15-23-27/h4-5,12,15-16,19H,1-3,6-11,13-14H2. The molecule has 2 aliphatic heterocycles. The maximum absolute atomic E-state index is 12.8. The highest BCUT2D eigenvalue weighted by atomic mass is 16.2. The molecule has 0 unspecified atom stereocenters. The number of amides is 1. The first kappa shape index (κ1) is 17.8. The first-order valence-electron chi connectivity index (χ1n) is 10.5. The molecule has 148 valence electrons. The van der Waals surface area contributed by atoms with E-state index in [1.807, 2.05) is 0 Å².